The molecule has 1 heterocycles. The van der Waals surface area contributed by atoms with Crippen molar-refractivity contribution >= 4 is 12.0 Å². The molecule has 0 amide bonds. The molecular weight excluding hydrogens is 363 g/mol. The molecule has 0 saturated carbocycles. The van der Waals surface area contributed by atoms with Crippen molar-refractivity contribution in [1.82, 2.24) is 10.1 Å². The van der Waals surface area contributed by atoms with Gasteiger partial charge in [-0.3, -0.25) is 0 Å². The number of halogens is 1. The van der Waals surface area contributed by atoms with Crippen LogP contribution in [0.2, 0.25) is 0 Å². The Hall–Kier alpha value is -3.48. The molecule has 2 aromatic carbocycles. The fourth-order valence-electron chi connectivity index (χ4n) is 2.45. The second-order valence-electron chi connectivity index (χ2n) is 5.90. The quantitative estimate of drug-likeness (QED) is 0.450. The number of nitrogens with zero attached hydrogens (tertiary/aromatic N) is 2. The van der Waals surface area contributed by atoms with Gasteiger partial charge < -0.3 is 14.0 Å². The highest BCUT2D eigenvalue weighted by molar-refractivity contribution is 5.87. The van der Waals surface area contributed by atoms with Gasteiger partial charge >= 0.3 is 5.97 Å². The van der Waals surface area contributed by atoms with Gasteiger partial charge in [-0.25, -0.2) is 9.18 Å². The van der Waals surface area contributed by atoms with Crippen LogP contribution in [0.1, 0.15) is 23.9 Å². The number of carbonyl (C=O) groups excluding carboxylic acids is 1. The molecule has 0 fully saturated rings. The number of aromatic nitrogens is 2. The Balaban J connectivity index is 1.56. The summed E-state index contributed by atoms with van der Waals surface area (Å²) in [6, 6.07) is 12.2. The van der Waals surface area contributed by atoms with Crippen molar-refractivity contribution in [3.05, 3.63) is 71.4 Å². The van der Waals surface area contributed by atoms with E-state index in [1.54, 1.807) is 6.07 Å². The maximum absolute atomic E-state index is 13.6. The summed E-state index contributed by atoms with van der Waals surface area (Å²) in [6.45, 7) is 1.93. The lowest BCUT2D eigenvalue weighted by atomic mass is 10.1. The first-order valence-corrected chi connectivity index (χ1v) is 8.69. The van der Waals surface area contributed by atoms with E-state index in [1.807, 2.05) is 24.3 Å². The third kappa shape index (κ3) is 4.82. The number of hydrogen-bond donors (Lipinski definition) is 0. The molecule has 7 heteroatoms. The topological polar surface area (TPSA) is 74.5 Å². The Kier molecular flexibility index (Phi) is 6.16. The number of carbonyl (C=O) groups is 1. The van der Waals surface area contributed by atoms with Gasteiger partial charge in [0.05, 0.1) is 7.11 Å². The third-order valence-electron chi connectivity index (χ3n) is 4.01. The summed E-state index contributed by atoms with van der Waals surface area (Å²) in [5, 5.41) is 3.89. The largest absolute Gasteiger partial charge is 0.494 e. The Morgan fingerprint density at radius 3 is 2.68 bits per heavy atom. The SMILES string of the molecule is CCc1ccc(-c2noc(COC(=O)/C=C/c3ccc(OC)c(F)c3)n2)cc1. The molecule has 0 N–H and O–H groups in total. The van der Waals surface area contributed by atoms with Crippen LogP contribution < -0.4 is 4.74 Å². The smallest absolute Gasteiger partial charge is 0.331 e. The second-order valence-corrected chi connectivity index (χ2v) is 5.90. The van der Waals surface area contributed by atoms with Crippen molar-refractivity contribution in [3.8, 4) is 17.1 Å². The van der Waals surface area contributed by atoms with Gasteiger partial charge in [-0.05, 0) is 35.8 Å². The lowest BCUT2D eigenvalue weighted by Crippen LogP contribution is -2.01. The summed E-state index contributed by atoms with van der Waals surface area (Å²) in [4.78, 5) is 16.0. The highest BCUT2D eigenvalue weighted by Crippen LogP contribution is 2.19. The Bertz CT molecular complexity index is 980. The zero-order valence-electron chi connectivity index (χ0n) is 15.5. The molecule has 0 spiro atoms. The zero-order chi connectivity index (χ0) is 19.9. The van der Waals surface area contributed by atoms with Crippen LogP contribution in [0, 0.1) is 5.82 Å². The molecule has 3 rings (SSSR count). The van der Waals surface area contributed by atoms with E-state index in [0.717, 1.165) is 12.0 Å². The van der Waals surface area contributed by atoms with Gasteiger partial charge in [0.25, 0.3) is 5.89 Å². The molecule has 0 radical (unpaired) electrons. The number of methoxy groups -OCH3 is 1. The third-order valence-corrected chi connectivity index (χ3v) is 4.01. The van der Waals surface area contributed by atoms with E-state index in [2.05, 4.69) is 17.1 Å². The van der Waals surface area contributed by atoms with Gasteiger partial charge in [0.1, 0.15) is 0 Å². The minimum Gasteiger partial charge on any atom is -0.494 e. The van der Waals surface area contributed by atoms with Crippen molar-refractivity contribution in [2.45, 2.75) is 20.0 Å². The molecule has 0 atom stereocenters. The van der Waals surface area contributed by atoms with Gasteiger partial charge in [0.2, 0.25) is 5.82 Å². The molecule has 0 aliphatic carbocycles. The molecule has 0 unspecified atom stereocenters. The Morgan fingerprint density at radius 2 is 2.00 bits per heavy atom. The lowest BCUT2D eigenvalue weighted by Gasteiger charge is -2.02. The van der Waals surface area contributed by atoms with Crippen LogP contribution in [-0.2, 0) is 22.6 Å². The lowest BCUT2D eigenvalue weighted by molar-refractivity contribution is -0.139. The van der Waals surface area contributed by atoms with E-state index < -0.39 is 11.8 Å². The average molecular weight is 382 g/mol. The Labute approximate surface area is 161 Å². The van der Waals surface area contributed by atoms with Crippen LogP contribution in [0.5, 0.6) is 5.75 Å². The molecule has 28 heavy (non-hydrogen) atoms. The molecular formula is C21H19FN2O4. The maximum atomic E-state index is 13.6. The molecule has 0 bridgehead atoms. The van der Waals surface area contributed by atoms with Crippen molar-refractivity contribution in [2.75, 3.05) is 7.11 Å². The molecule has 0 aliphatic heterocycles. The van der Waals surface area contributed by atoms with E-state index in [0.29, 0.717) is 11.4 Å². The monoisotopic (exact) mass is 382 g/mol. The van der Waals surface area contributed by atoms with Gasteiger partial charge in [-0.2, -0.15) is 4.98 Å². The number of aryl methyl sites for hydroxylation is 1. The summed E-state index contributed by atoms with van der Waals surface area (Å²) in [6.07, 6.45) is 3.59. The molecule has 1 aromatic heterocycles. The van der Waals surface area contributed by atoms with Crippen LogP contribution in [0.15, 0.2) is 53.1 Å². The number of ether oxygens (including phenoxy) is 2. The van der Waals surface area contributed by atoms with Crippen LogP contribution in [0.25, 0.3) is 17.5 Å². The fraction of sp³-hybridized carbons (Fsp3) is 0.190. The van der Waals surface area contributed by atoms with E-state index >= 15 is 0 Å². The second kappa shape index (κ2) is 8.94. The van der Waals surface area contributed by atoms with E-state index in [1.165, 1.54) is 37.0 Å². The molecule has 3 aromatic rings. The summed E-state index contributed by atoms with van der Waals surface area (Å²) in [5.74, 6) is -0.368. The highest BCUT2D eigenvalue weighted by Gasteiger charge is 2.10. The van der Waals surface area contributed by atoms with Crippen molar-refractivity contribution in [1.29, 1.82) is 0 Å². The summed E-state index contributed by atoms with van der Waals surface area (Å²) in [5.41, 5.74) is 2.54. The first-order valence-electron chi connectivity index (χ1n) is 8.69. The molecule has 144 valence electrons. The molecule has 0 aliphatic rings. The van der Waals surface area contributed by atoms with Crippen LogP contribution in [-0.4, -0.2) is 23.2 Å². The highest BCUT2D eigenvalue weighted by atomic mass is 19.1. The number of rotatable bonds is 7. The number of hydrogen-bond acceptors (Lipinski definition) is 6. The first kappa shape index (κ1) is 19.3. The predicted octanol–water partition coefficient (Wildman–Crippen LogP) is 4.20. The van der Waals surface area contributed by atoms with Crippen LogP contribution >= 0.6 is 0 Å². The van der Waals surface area contributed by atoms with Crippen LogP contribution in [0.3, 0.4) is 0 Å². The summed E-state index contributed by atoms with van der Waals surface area (Å²) < 4.78 is 28.6. The van der Waals surface area contributed by atoms with Crippen LogP contribution in [0.4, 0.5) is 4.39 Å². The maximum Gasteiger partial charge on any atom is 0.331 e. The standard InChI is InChI=1S/C21H19FN2O4/c1-3-14-4-8-16(9-5-14)21-23-19(28-24-21)13-27-20(25)11-7-15-6-10-18(26-2)17(22)12-15/h4-12H,3,13H2,1-2H3/b11-7+. The van der Waals surface area contributed by atoms with Crippen molar-refractivity contribution < 1.29 is 23.2 Å². The van der Waals surface area contributed by atoms with Gasteiger partial charge in [-0.15, -0.1) is 0 Å². The molecule has 0 saturated heterocycles. The van der Waals surface area contributed by atoms with Crippen molar-refractivity contribution in [2.24, 2.45) is 0 Å². The minimum absolute atomic E-state index is 0.135. The minimum atomic E-state index is -0.608. The summed E-state index contributed by atoms with van der Waals surface area (Å²) >= 11 is 0. The Morgan fingerprint density at radius 1 is 1.21 bits per heavy atom. The molecule has 6 nitrogen and oxygen atoms in total. The van der Waals surface area contributed by atoms with Crippen molar-refractivity contribution in [3.63, 3.8) is 0 Å². The van der Waals surface area contributed by atoms with E-state index in [-0.39, 0.29) is 18.2 Å². The van der Waals surface area contributed by atoms with Gasteiger partial charge in [0.15, 0.2) is 18.2 Å². The van der Waals surface area contributed by atoms with Gasteiger partial charge in [0, 0.05) is 11.6 Å². The normalized spacial score (nSPS) is 11.0. The van der Waals surface area contributed by atoms with E-state index in [9.17, 15) is 9.18 Å². The zero-order valence-corrected chi connectivity index (χ0v) is 15.5. The number of benzene rings is 2. The number of esters is 1. The summed E-state index contributed by atoms with van der Waals surface area (Å²) in [7, 11) is 1.38. The first-order chi connectivity index (χ1) is 13.6. The van der Waals surface area contributed by atoms with E-state index in [4.69, 9.17) is 14.0 Å². The van der Waals surface area contributed by atoms with Gasteiger partial charge in [-0.1, -0.05) is 42.4 Å². The fourth-order valence-corrected chi connectivity index (χ4v) is 2.45. The average Bonchev–Trinajstić information content (AvgIpc) is 3.20. The predicted molar refractivity (Wildman–Crippen MR) is 101 cm³/mol.